The Bertz CT molecular complexity index is 655. The van der Waals surface area contributed by atoms with Crippen LogP contribution in [0.5, 0.6) is 6.01 Å². The van der Waals surface area contributed by atoms with Crippen LogP contribution in [0.4, 0.5) is 10.2 Å². The van der Waals surface area contributed by atoms with Gasteiger partial charge in [-0.2, -0.15) is 10.1 Å². The molecule has 20 heavy (non-hydrogen) atoms. The van der Waals surface area contributed by atoms with Crippen LogP contribution in [0.2, 0.25) is 0 Å². The molecule has 0 amide bonds. The molecule has 0 unspecified atom stereocenters. The number of nitrogens with zero attached hydrogens (tertiary/aromatic N) is 4. The molecule has 0 aliphatic heterocycles. The van der Waals surface area contributed by atoms with Crippen molar-refractivity contribution in [1.82, 2.24) is 15.0 Å². The molecule has 0 saturated heterocycles. The van der Waals surface area contributed by atoms with E-state index in [0.717, 1.165) is 21.8 Å². The first kappa shape index (κ1) is 14.3. The summed E-state index contributed by atoms with van der Waals surface area (Å²) in [6.07, 6.45) is 1.03. The number of methoxy groups -OCH3 is 1. The fourth-order valence-corrected chi connectivity index (χ4v) is 2.45. The van der Waals surface area contributed by atoms with Gasteiger partial charge in [0, 0.05) is 0 Å². The fourth-order valence-electron chi connectivity index (χ4n) is 1.58. The zero-order chi connectivity index (χ0) is 14.7. The van der Waals surface area contributed by atoms with Crippen LogP contribution in [-0.4, -0.2) is 27.8 Å². The molecule has 2 rings (SSSR count). The minimum absolute atomic E-state index is 0.0323. The number of hydrogen-bond acceptors (Lipinski definition) is 7. The Hall–Kier alpha value is -2.09. The molecule has 0 radical (unpaired) electrons. The molecule has 8 heteroatoms. The van der Waals surface area contributed by atoms with Gasteiger partial charge in [0.1, 0.15) is 0 Å². The highest BCUT2D eigenvalue weighted by molar-refractivity contribution is 7.13. The monoisotopic (exact) mass is 295 g/mol. The van der Waals surface area contributed by atoms with E-state index in [1.165, 1.54) is 18.4 Å². The predicted octanol–water partition coefficient (Wildman–Crippen LogP) is 2.53. The summed E-state index contributed by atoms with van der Waals surface area (Å²) in [4.78, 5) is 12.8. The second-order valence-electron chi connectivity index (χ2n) is 4.01. The van der Waals surface area contributed by atoms with Crippen molar-refractivity contribution in [1.29, 1.82) is 0 Å². The first-order chi connectivity index (χ1) is 9.51. The van der Waals surface area contributed by atoms with Gasteiger partial charge in [-0.3, -0.25) is 5.43 Å². The third-order valence-corrected chi connectivity index (χ3v) is 3.65. The molecule has 2 aromatic rings. The molecule has 2 aromatic heterocycles. The Balaban J connectivity index is 2.22. The van der Waals surface area contributed by atoms with E-state index in [1.807, 2.05) is 20.8 Å². The lowest BCUT2D eigenvalue weighted by molar-refractivity contribution is 0.377. The van der Waals surface area contributed by atoms with E-state index in [1.54, 1.807) is 0 Å². The lowest BCUT2D eigenvalue weighted by atomic mass is 10.3. The fraction of sp³-hybridized carbons (Fsp3) is 0.333. The van der Waals surface area contributed by atoms with Gasteiger partial charge in [0.05, 0.1) is 34.6 Å². The first-order valence-corrected chi connectivity index (χ1v) is 6.64. The molecule has 0 spiro atoms. The summed E-state index contributed by atoms with van der Waals surface area (Å²) in [5, 5.41) is 5.09. The van der Waals surface area contributed by atoms with Crippen LogP contribution in [0.3, 0.4) is 0 Å². The highest BCUT2D eigenvalue weighted by Gasteiger charge is 2.10. The average molecular weight is 295 g/mol. The lowest BCUT2D eigenvalue weighted by Crippen LogP contribution is -2.04. The van der Waals surface area contributed by atoms with Crippen LogP contribution < -0.4 is 10.2 Å². The van der Waals surface area contributed by atoms with Crippen molar-refractivity contribution < 1.29 is 9.13 Å². The number of hydrogen-bond donors (Lipinski definition) is 1. The van der Waals surface area contributed by atoms with E-state index in [-0.39, 0.29) is 11.8 Å². The minimum Gasteiger partial charge on any atom is -0.467 e. The third kappa shape index (κ3) is 3.08. The summed E-state index contributed by atoms with van der Waals surface area (Å²) < 4.78 is 18.4. The van der Waals surface area contributed by atoms with E-state index in [4.69, 9.17) is 4.74 Å². The van der Waals surface area contributed by atoms with Crippen LogP contribution in [0.15, 0.2) is 11.3 Å². The molecule has 2 heterocycles. The maximum absolute atomic E-state index is 13.5. The summed E-state index contributed by atoms with van der Waals surface area (Å²) in [6.45, 7) is 5.66. The Morgan fingerprint density at radius 2 is 2.15 bits per heavy atom. The highest BCUT2D eigenvalue weighted by atomic mass is 32.1. The minimum atomic E-state index is -0.598. The normalized spacial score (nSPS) is 11.6. The van der Waals surface area contributed by atoms with Gasteiger partial charge < -0.3 is 4.74 Å². The van der Waals surface area contributed by atoms with Gasteiger partial charge in [0.25, 0.3) is 0 Å². The molecule has 0 aromatic carbocycles. The lowest BCUT2D eigenvalue weighted by Gasteiger charge is -2.04. The summed E-state index contributed by atoms with van der Waals surface area (Å²) in [7, 11) is 1.41. The molecule has 0 bridgehead atoms. The van der Waals surface area contributed by atoms with E-state index in [9.17, 15) is 4.39 Å². The average Bonchev–Trinajstić information content (AvgIpc) is 2.76. The van der Waals surface area contributed by atoms with Crippen molar-refractivity contribution in [3.8, 4) is 6.01 Å². The zero-order valence-corrected chi connectivity index (χ0v) is 12.4. The molecule has 0 atom stereocenters. The van der Waals surface area contributed by atoms with E-state index >= 15 is 0 Å². The maximum Gasteiger partial charge on any atom is 0.318 e. The molecule has 1 N–H and O–H groups in total. The summed E-state index contributed by atoms with van der Waals surface area (Å²) in [6, 6.07) is 0.0755. The van der Waals surface area contributed by atoms with E-state index < -0.39 is 5.82 Å². The zero-order valence-electron chi connectivity index (χ0n) is 11.6. The van der Waals surface area contributed by atoms with Gasteiger partial charge >= 0.3 is 6.01 Å². The van der Waals surface area contributed by atoms with Crippen LogP contribution in [0, 0.1) is 19.7 Å². The summed E-state index contributed by atoms with van der Waals surface area (Å²) in [5.41, 5.74) is 4.20. The van der Waals surface area contributed by atoms with Crippen molar-refractivity contribution in [2.45, 2.75) is 20.8 Å². The number of aryl methyl sites for hydroxylation is 2. The van der Waals surface area contributed by atoms with Crippen LogP contribution in [-0.2, 0) is 0 Å². The largest absolute Gasteiger partial charge is 0.467 e. The Morgan fingerprint density at radius 1 is 1.40 bits per heavy atom. The summed E-state index contributed by atoms with van der Waals surface area (Å²) >= 11 is 1.54. The van der Waals surface area contributed by atoms with Crippen molar-refractivity contribution >= 4 is 22.9 Å². The number of hydrazone groups is 1. The van der Waals surface area contributed by atoms with Crippen molar-refractivity contribution in [3.63, 3.8) is 0 Å². The molecular formula is C12H14FN5OS. The van der Waals surface area contributed by atoms with Gasteiger partial charge in [-0.05, 0) is 20.8 Å². The van der Waals surface area contributed by atoms with E-state index in [2.05, 4.69) is 25.5 Å². The van der Waals surface area contributed by atoms with Crippen LogP contribution >= 0.6 is 11.3 Å². The van der Waals surface area contributed by atoms with Gasteiger partial charge in [-0.1, -0.05) is 0 Å². The standard InChI is InChI=1S/C12H14FN5OS/c1-6-10(20-8(3)15-6)7(2)17-18-11-9(13)5-14-12(16-11)19-4/h5H,1-4H3,(H,14,16,18)/b17-7+. The number of thiazole rings is 1. The van der Waals surface area contributed by atoms with Crippen molar-refractivity contribution in [3.05, 3.63) is 27.6 Å². The Labute approximate surface area is 119 Å². The number of aromatic nitrogens is 3. The number of nitrogens with one attached hydrogen (secondary N) is 1. The Morgan fingerprint density at radius 3 is 2.75 bits per heavy atom. The molecule has 106 valence electrons. The van der Waals surface area contributed by atoms with Gasteiger partial charge in [0.15, 0.2) is 11.6 Å². The van der Waals surface area contributed by atoms with Crippen molar-refractivity contribution in [2.24, 2.45) is 5.10 Å². The second kappa shape index (κ2) is 5.91. The number of anilines is 1. The topological polar surface area (TPSA) is 72.3 Å². The van der Waals surface area contributed by atoms with Gasteiger partial charge in [-0.15, -0.1) is 11.3 Å². The SMILES string of the molecule is COc1ncc(F)c(N/N=C(\C)c2sc(C)nc2C)n1. The molecular weight excluding hydrogens is 281 g/mol. The van der Waals surface area contributed by atoms with Crippen molar-refractivity contribution in [2.75, 3.05) is 12.5 Å². The van der Waals surface area contributed by atoms with Gasteiger partial charge in [-0.25, -0.2) is 14.4 Å². The number of ether oxygens (including phenoxy) is 1. The molecule has 0 saturated carbocycles. The first-order valence-electron chi connectivity index (χ1n) is 5.82. The summed E-state index contributed by atoms with van der Waals surface area (Å²) in [5.74, 6) is -0.630. The van der Waals surface area contributed by atoms with Crippen LogP contribution in [0.25, 0.3) is 0 Å². The number of halogens is 1. The molecule has 0 aliphatic carbocycles. The molecule has 6 nitrogen and oxygen atoms in total. The smallest absolute Gasteiger partial charge is 0.318 e. The quantitative estimate of drug-likeness (QED) is 0.693. The van der Waals surface area contributed by atoms with Gasteiger partial charge in [0.2, 0.25) is 0 Å². The number of rotatable bonds is 4. The third-order valence-electron chi connectivity index (χ3n) is 2.47. The maximum atomic E-state index is 13.5. The Kier molecular flexibility index (Phi) is 4.23. The molecule has 0 aliphatic rings. The highest BCUT2D eigenvalue weighted by Crippen LogP contribution is 2.19. The van der Waals surface area contributed by atoms with Crippen LogP contribution in [0.1, 0.15) is 22.5 Å². The molecule has 0 fully saturated rings. The second-order valence-corrected chi connectivity index (χ2v) is 5.21. The van der Waals surface area contributed by atoms with E-state index in [0.29, 0.717) is 5.71 Å². The predicted molar refractivity (Wildman–Crippen MR) is 76.0 cm³/mol.